The number of carbonyl (C=O) groups excluding carboxylic acids is 2. The summed E-state index contributed by atoms with van der Waals surface area (Å²) in [6, 6.07) is 0.464. The van der Waals surface area contributed by atoms with Crippen molar-refractivity contribution >= 4 is 11.8 Å². The average molecular weight is 363 g/mol. The Hall–Kier alpha value is -1.10. The summed E-state index contributed by atoms with van der Waals surface area (Å²) in [6.45, 7) is 2.47. The molecule has 2 heterocycles. The molecule has 2 aliphatic carbocycles. The standard InChI is InChI=1S/C21H34N2O3/c24-20(16-6-2-1-3-7-16)22-13-10-18(11-14-22)26-19-12-15-23(21(19)25)17-8-4-5-9-17/h16-19H,1-15H2. The van der Waals surface area contributed by atoms with Gasteiger partial charge in [0.1, 0.15) is 6.10 Å². The molecule has 146 valence electrons. The molecule has 1 unspecified atom stereocenters. The molecule has 4 rings (SSSR count). The molecule has 2 saturated heterocycles. The van der Waals surface area contributed by atoms with Crippen molar-refractivity contribution in [2.24, 2.45) is 5.92 Å². The van der Waals surface area contributed by atoms with E-state index in [1.54, 1.807) is 0 Å². The molecule has 1 atom stereocenters. The van der Waals surface area contributed by atoms with Crippen LogP contribution in [-0.4, -0.2) is 59.5 Å². The molecule has 5 heteroatoms. The van der Waals surface area contributed by atoms with E-state index in [4.69, 9.17) is 4.74 Å². The van der Waals surface area contributed by atoms with Crippen LogP contribution in [0.5, 0.6) is 0 Å². The molecule has 2 saturated carbocycles. The highest BCUT2D eigenvalue weighted by atomic mass is 16.5. The van der Waals surface area contributed by atoms with Crippen molar-refractivity contribution < 1.29 is 14.3 Å². The van der Waals surface area contributed by atoms with Crippen LogP contribution in [0.4, 0.5) is 0 Å². The normalized spacial score (nSPS) is 29.7. The summed E-state index contributed by atoms with van der Waals surface area (Å²) in [5.74, 6) is 0.850. The lowest BCUT2D eigenvalue weighted by Gasteiger charge is -2.35. The van der Waals surface area contributed by atoms with Crippen molar-refractivity contribution in [1.29, 1.82) is 0 Å². The minimum absolute atomic E-state index is 0.142. The van der Waals surface area contributed by atoms with Gasteiger partial charge in [0, 0.05) is 38.0 Å². The van der Waals surface area contributed by atoms with Crippen LogP contribution < -0.4 is 0 Å². The fourth-order valence-corrected chi connectivity index (χ4v) is 5.43. The summed E-state index contributed by atoms with van der Waals surface area (Å²) in [4.78, 5) is 29.5. The van der Waals surface area contributed by atoms with Gasteiger partial charge in [-0.05, 0) is 38.5 Å². The Bertz CT molecular complexity index is 503. The van der Waals surface area contributed by atoms with E-state index < -0.39 is 0 Å². The molecule has 0 N–H and O–H groups in total. The Balaban J connectivity index is 1.22. The van der Waals surface area contributed by atoms with E-state index in [2.05, 4.69) is 9.80 Å². The number of hydrogen-bond donors (Lipinski definition) is 0. The van der Waals surface area contributed by atoms with Gasteiger partial charge in [0.05, 0.1) is 6.10 Å². The van der Waals surface area contributed by atoms with Crippen molar-refractivity contribution in [2.45, 2.75) is 95.3 Å². The molecule has 2 amide bonds. The number of piperidine rings is 1. The van der Waals surface area contributed by atoms with Crippen molar-refractivity contribution in [3.8, 4) is 0 Å². The van der Waals surface area contributed by atoms with Gasteiger partial charge < -0.3 is 14.5 Å². The molecule has 0 aromatic carbocycles. The first-order valence-corrected chi connectivity index (χ1v) is 11.0. The number of amides is 2. The Labute approximate surface area is 157 Å². The highest BCUT2D eigenvalue weighted by Gasteiger charge is 2.39. The third-order valence-corrected chi connectivity index (χ3v) is 7.02. The highest BCUT2D eigenvalue weighted by Crippen LogP contribution is 2.30. The van der Waals surface area contributed by atoms with Gasteiger partial charge in [0.15, 0.2) is 0 Å². The van der Waals surface area contributed by atoms with Crippen LogP contribution in [0, 0.1) is 5.92 Å². The summed E-state index contributed by atoms with van der Waals surface area (Å²) in [7, 11) is 0. The largest absolute Gasteiger partial charge is 0.365 e. The predicted octanol–water partition coefficient (Wildman–Crippen LogP) is 3.12. The third kappa shape index (κ3) is 3.92. The Morgan fingerprint density at radius 1 is 0.808 bits per heavy atom. The second kappa shape index (κ2) is 8.28. The Morgan fingerprint density at radius 2 is 1.46 bits per heavy atom. The molecule has 0 aromatic heterocycles. The number of ether oxygens (including phenoxy) is 1. The minimum Gasteiger partial charge on any atom is -0.365 e. The zero-order chi connectivity index (χ0) is 17.9. The number of likely N-dealkylation sites (tertiary alicyclic amines) is 2. The van der Waals surface area contributed by atoms with Gasteiger partial charge in [-0.2, -0.15) is 0 Å². The first-order valence-electron chi connectivity index (χ1n) is 11.0. The molecule has 0 radical (unpaired) electrons. The molecule has 0 bridgehead atoms. The lowest BCUT2D eigenvalue weighted by Crippen LogP contribution is -2.45. The van der Waals surface area contributed by atoms with Crippen LogP contribution in [0.3, 0.4) is 0 Å². The smallest absolute Gasteiger partial charge is 0.252 e. The van der Waals surface area contributed by atoms with E-state index in [0.29, 0.717) is 11.9 Å². The molecular weight excluding hydrogens is 328 g/mol. The minimum atomic E-state index is -0.235. The maximum atomic E-state index is 12.7. The van der Waals surface area contributed by atoms with E-state index in [-0.39, 0.29) is 24.0 Å². The summed E-state index contributed by atoms with van der Waals surface area (Å²) in [6.07, 6.45) is 13.2. The van der Waals surface area contributed by atoms with Gasteiger partial charge in [-0.3, -0.25) is 9.59 Å². The fraction of sp³-hybridized carbons (Fsp3) is 0.905. The van der Waals surface area contributed by atoms with Gasteiger partial charge in [0.25, 0.3) is 5.91 Å². The van der Waals surface area contributed by atoms with Gasteiger partial charge in [-0.15, -0.1) is 0 Å². The van der Waals surface area contributed by atoms with E-state index in [9.17, 15) is 9.59 Å². The number of hydrogen-bond acceptors (Lipinski definition) is 3. The topological polar surface area (TPSA) is 49.9 Å². The number of rotatable bonds is 4. The van der Waals surface area contributed by atoms with Crippen molar-refractivity contribution in [2.75, 3.05) is 19.6 Å². The molecule has 5 nitrogen and oxygen atoms in total. The fourth-order valence-electron chi connectivity index (χ4n) is 5.43. The van der Waals surface area contributed by atoms with Crippen molar-refractivity contribution in [3.63, 3.8) is 0 Å². The van der Waals surface area contributed by atoms with Crippen LogP contribution in [0.15, 0.2) is 0 Å². The second-order valence-corrected chi connectivity index (χ2v) is 8.74. The first-order chi connectivity index (χ1) is 12.7. The monoisotopic (exact) mass is 362 g/mol. The zero-order valence-electron chi connectivity index (χ0n) is 16.0. The predicted molar refractivity (Wildman–Crippen MR) is 99.6 cm³/mol. The highest BCUT2D eigenvalue weighted by molar-refractivity contribution is 5.83. The van der Waals surface area contributed by atoms with Crippen LogP contribution in [0.25, 0.3) is 0 Å². The van der Waals surface area contributed by atoms with Gasteiger partial charge >= 0.3 is 0 Å². The average Bonchev–Trinajstić information content (AvgIpc) is 3.33. The quantitative estimate of drug-likeness (QED) is 0.772. The third-order valence-electron chi connectivity index (χ3n) is 7.02. The van der Waals surface area contributed by atoms with E-state index >= 15 is 0 Å². The zero-order valence-corrected chi connectivity index (χ0v) is 16.0. The first kappa shape index (κ1) is 18.3. The van der Waals surface area contributed by atoms with E-state index in [1.165, 1.54) is 44.9 Å². The molecule has 2 aliphatic heterocycles. The molecular formula is C21H34N2O3. The molecule has 0 spiro atoms. The van der Waals surface area contributed by atoms with Crippen LogP contribution in [0.2, 0.25) is 0 Å². The second-order valence-electron chi connectivity index (χ2n) is 8.74. The van der Waals surface area contributed by atoms with E-state index in [0.717, 1.165) is 51.7 Å². The number of carbonyl (C=O) groups is 2. The maximum absolute atomic E-state index is 12.7. The molecule has 26 heavy (non-hydrogen) atoms. The Kier molecular flexibility index (Phi) is 5.82. The molecule has 4 fully saturated rings. The van der Waals surface area contributed by atoms with Crippen LogP contribution >= 0.6 is 0 Å². The van der Waals surface area contributed by atoms with Crippen molar-refractivity contribution in [1.82, 2.24) is 9.80 Å². The van der Waals surface area contributed by atoms with Crippen LogP contribution in [-0.2, 0) is 14.3 Å². The van der Waals surface area contributed by atoms with Gasteiger partial charge in [-0.25, -0.2) is 0 Å². The summed E-state index contributed by atoms with van der Waals surface area (Å²) in [5, 5.41) is 0. The summed E-state index contributed by atoms with van der Waals surface area (Å²) < 4.78 is 6.20. The molecule has 4 aliphatic rings. The Morgan fingerprint density at radius 3 is 2.15 bits per heavy atom. The lowest BCUT2D eigenvalue weighted by molar-refractivity contribution is -0.147. The lowest BCUT2D eigenvalue weighted by atomic mass is 9.88. The van der Waals surface area contributed by atoms with Crippen molar-refractivity contribution in [3.05, 3.63) is 0 Å². The van der Waals surface area contributed by atoms with Crippen LogP contribution in [0.1, 0.15) is 77.0 Å². The summed E-state index contributed by atoms with van der Waals surface area (Å²) in [5.41, 5.74) is 0. The van der Waals surface area contributed by atoms with Gasteiger partial charge in [0.2, 0.25) is 5.91 Å². The summed E-state index contributed by atoms with van der Waals surface area (Å²) >= 11 is 0. The molecule has 0 aromatic rings. The van der Waals surface area contributed by atoms with Gasteiger partial charge in [-0.1, -0.05) is 32.1 Å². The van der Waals surface area contributed by atoms with E-state index in [1.807, 2.05) is 0 Å². The SMILES string of the molecule is O=C(C1CCCCC1)N1CCC(OC2CCN(C3CCCC3)C2=O)CC1. The number of nitrogens with zero attached hydrogens (tertiary/aromatic N) is 2. The maximum Gasteiger partial charge on any atom is 0.252 e.